The Kier molecular flexibility index (Phi) is 3.84. The number of fused-ring (bicyclic) bond motifs is 3. The summed E-state index contributed by atoms with van der Waals surface area (Å²) in [5.41, 5.74) is 1.02. The van der Waals surface area contributed by atoms with E-state index in [0.29, 0.717) is 17.9 Å². The Labute approximate surface area is 161 Å². The maximum Gasteiger partial charge on any atom is 0.323 e. The Morgan fingerprint density at radius 3 is 2.78 bits per heavy atom. The number of benzene rings is 1. The molecule has 1 N–H and O–H groups in total. The molecule has 0 radical (unpaired) electrons. The summed E-state index contributed by atoms with van der Waals surface area (Å²) < 4.78 is 0. The number of urea groups is 1. The zero-order valence-electron chi connectivity index (χ0n) is 15.2. The second kappa shape index (κ2) is 6.24. The van der Waals surface area contributed by atoms with E-state index in [1.54, 1.807) is 17.5 Å². The molecule has 1 aromatic carbocycles. The molecule has 7 nitrogen and oxygen atoms in total. The van der Waals surface area contributed by atoms with Gasteiger partial charge in [0.1, 0.15) is 15.8 Å². The van der Waals surface area contributed by atoms with Crippen LogP contribution in [0, 0.1) is 6.92 Å². The predicted molar refractivity (Wildman–Crippen MR) is 106 cm³/mol. The molecule has 138 valence electrons. The molecule has 2 amide bonds. The first kappa shape index (κ1) is 16.6. The number of hydrogen-bond acceptors (Lipinski definition) is 6. The predicted octanol–water partition coefficient (Wildman–Crippen LogP) is 2.98. The number of rotatable bonds is 2. The van der Waals surface area contributed by atoms with Crippen LogP contribution in [0.25, 0.3) is 21.3 Å². The van der Waals surface area contributed by atoms with Gasteiger partial charge in [-0.05, 0) is 37.9 Å². The monoisotopic (exact) mass is 380 g/mol. The fraction of sp³-hybridized carbons (Fsp3) is 0.368. The standard InChI is InChI=1S/C19H20N6OS/c1-11-22-23-18(27-11)12-3-4-13-8-20-17(6-14(13)5-12)21-19(26)25-10-15-7-16(25)9-24(15)2/h3-6,8,15-16H,7,9-10H2,1-2H3,(H,20,21,26)/t15-,16-/m0/s1. The number of aryl methyl sites for hydroxylation is 1. The van der Waals surface area contributed by atoms with E-state index in [-0.39, 0.29) is 6.03 Å². The third-order valence-electron chi connectivity index (χ3n) is 5.51. The molecule has 0 aliphatic carbocycles. The van der Waals surface area contributed by atoms with Gasteiger partial charge in [0.25, 0.3) is 0 Å². The van der Waals surface area contributed by atoms with E-state index in [1.807, 2.05) is 30.0 Å². The lowest BCUT2D eigenvalue weighted by Crippen LogP contribution is -2.48. The van der Waals surface area contributed by atoms with Gasteiger partial charge in [0.15, 0.2) is 0 Å². The first-order chi connectivity index (χ1) is 13.1. The fourth-order valence-electron chi connectivity index (χ4n) is 4.05. The van der Waals surface area contributed by atoms with Crippen LogP contribution in [-0.2, 0) is 0 Å². The Bertz CT molecular complexity index is 1030. The highest BCUT2D eigenvalue weighted by molar-refractivity contribution is 7.14. The lowest BCUT2D eigenvalue weighted by molar-refractivity contribution is 0.161. The van der Waals surface area contributed by atoms with Crippen LogP contribution in [0.5, 0.6) is 0 Å². The molecule has 3 aromatic rings. The van der Waals surface area contributed by atoms with Crippen molar-refractivity contribution in [3.63, 3.8) is 0 Å². The van der Waals surface area contributed by atoms with Crippen LogP contribution in [0.3, 0.4) is 0 Å². The van der Waals surface area contributed by atoms with E-state index in [2.05, 4.69) is 38.5 Å². The highest BCUT2D eigenvalue weighted by Gasteiger charge is 2.43. The number of amides is 2. The Morgan fingerprint density at radius 1 is 1.19 bits per heavy atom. The zero-order chi connectivity index (χ0) is 18.5. The number of nitrogens with one attached hydrogen (secondary N) is 1. The van der Waals surface area contributed by atoms with Crippen molar-refractivity contribution in [2.45, 2.75) is 25.4 Å². The van der Waals surface area contributed by atoms with Crippen molar-refractivity contribution in [1.29, 1.82) is 0 Å². The number of carbonyl (C=O) groups excluding carboxylic acids is 1. The molecular weight excluding hydrogens is 360 g/mol. The highest BCUT2D eigenvalue weighted by Crippen LogP contribution is 2.30. The van der Waals surface area contributed by atoms with Gasteiger partial charge in [0.2, 0.25) is 0 Å². The number of likely N-dealkylation sites (N-methyl/N-ethyl adjacent to an activating group) is 1. The van der Waals surface area contributed by atoms with Crippen molar-refractivity contribution in [3.8, 4) is 10.6 Å². The summed E-state index contributed by atoms with van der Waals surface area (Å²) in [7, 11) is 2.13. The number of likely N-dealkylation sites (tertiary alicyclic amines) is 2. The summed E-state index contributed by atoms with van der Waals surface area (Å²) in [4.78, 5) is 21.4. The van der Waals surface area contributed by atoms with Crippen LogP contribution in [-0.4, -0.2) is 63.2 Å². The van der Waals surface area contributed by atoms with E-state index >= 15 is 0 Å². The van der Waals surface area contributed by atoms with Gasteiger partial charge in [0, 0.05) is 42.3 Å². The summed E-state index contributed by atoms with van der Waals surface area (Å²) in [5.74, 6) is 0.578. The molecule has 5 rings (SSSR count). The van der Waals surface area contributed by atoms with Crippen molar-refractivity contribution < 1.29 is 4.79 Å². The molecule has 2 saturated heterocycles. The molecule has 2 aliphatic heterocycles. The molecule has 2 aromatic heterocycles. The maximum absolute atomic E-state index is 12.7. The van der Waals surface area contributed by atoms with Gasteiger partial charge < -0.3 is 4.90 Å². The van der Waals surface area contributed by atoms with Crippen LogP contribution in [0.2, 0.25) is 0 Å². The molecule has 0 unspecified atom stereocenters. The van der Waals surface area contributed by atoms with Crippen molar-refractivity contribution in [2.75, 3.05) is 25.5 Å². The molecule has 0 saturated carbocycles. The highest BCUT2D eigenvalue weighted by atomic mass is 32.1. The maximum atomic E-state index is 12.7. The largest absolute Gasteiger partial charge is 0.323 e. The van der Waals surface area contributed by atoms with Gasteiger partial charge in [-0.3, -0.25) is 10.2 Å². The number of piperazine rings is 1. The van der Waals surface area contributed by atoms with Crippen LogP contribution < -0.4 is 5.32 Å². The SMILES string of the molecule is Cc1nnc(-c2ccc3cnc(NC(=O)N4C[C@@H]5C[C@H]4CN5C)cc3c2)s1. The topological polar surface area (TPSA) is 74.2 Å². The average molecular weight is 380 g/mol. The molecule has 2 atom stereocenters. The molecular formula is C19H20N6OS. The molecule has 2 aliphatic rings. The summed E-state index contributed by atoms with van der Waals surface area (Å²) >= 11 is 1.57. The third kappa shape index (κ3) is 2.94. The Morgan fingerprint density at radius 2 is 2.07 bits per heavy atom. The van der Waals surface area contributed by atoms with Crippen LogP contribution in [0.15, 0.2) is 30.5 Å². The minimum absolute atomic E-state index is 0.0571. The lowest BCUT2D eigenvalue weighted by atomic mass is 10.1. The van der Waals surface area contributed by atoms with E-state index in [4.69, 9.17) is 0 Å². The number of nitrogens with zero attached hydrogens (tertiary/aromatic N) is 5. The Hall–Kier alpha value is -2.58. The van der Waals surface area contributed by atoms with Crippen LogP contribution in [0.4, 0.5) is 10.6 Å². The van der Waals surface area contributed by atoms with Crippen LogP contribution >= 0.6 is 11.3 Å². The third-order valence-corrected chi connectivity index (χ3v) is 6.39. The van der Waals surface area contributed by atoms with Gasteiger partial charge in [-0.1, -0.05) is 23.5 Å². The summed E-state index contributed by atoms with van der Waals surface area (Å²) in [5, 5.41) is 15.2. The van der Waals surface area contributed by atoms with E-state index in [1.165, 1.54) is 0 Å². The average Bonchev–Trinajstić information content (AvgIpc) is 3.36. The molecule has 2 bridgehead atoms. The minimum atomic E-state index is -0.0571. The molecule has 2 fully saturated rings. The number of carbonyl (C=O) groups is 1. The lowest BCUT2D eigenvalue weighted by Gasteiger charge is -2.31. The van der Waals surface area contributed by atoms with E-state index in [9.17, 15) is 4.79 Å². The summed E-state index contributed by atoms with van der Waals surface area (Å²) in [6.07, 6.45) is 2.86. The second-order valence-electron chi connectivity index (χ2n) is 7.32. The first-order valence-electron chi connectivity index (χ1n) is 9.05. The van der Waals surface area contributed by atoms with E-state index in [0.717, 1.165) is 45.9 Å². The fourth-order valence-corrected chi connectivity index (χ4v) is 4.74. The van der Waals surface area contributed by atoms with Gasteiger partial charge in [0.05, 0.1) is 0 Å². The van der Waals surface area contributed by atoms with Gasteiger partial charge in [-0.15, -0.1) is 10.2 Å². The molecule has 8 heteroatoms. The summed E-state index contributed by atoms with van der Waals surface area (Å²) in [6, 6.07) is 8.79. The minimum Gasteiger partial charge on any atom is -0.319 e. The van der Waals surface area contributed by atoms with Crippen molar-refractivity contribution in [1.82, 2.24) is 25.0 Å². The summed E-state index contributed by atoms with van der Waals surface area (Å²) in [6.45, 7) is 3.69. The smallest absolute Gasteiger partial charge is 0.319 e. The van der Waals surface area contributed by atoms with E-state index < -0.39 is 0 Å². The van der Waals surface area contributed by atoms with Crippen molar-refractivity contribution >= 4 is 34.0 Å². The first-order valence-corrected chi connectivity index (χ1v) is 9.86. The molecule has 0 spiro atoms. The van der Waals surface area contributed by atoms with Gasteiger partial charge >= 0.3 is 6.03 Å². The molecule has 27 heavy (non-hydrogen) atoms. The van der Waals surface area contributed by atoms with Crippen molar-refractivity contribution in [2.24, 2.45) is 0 Å². The Balaban J connectivity index is 1.38. The zero-order valence-corrected chi connectivity index (χ0v) is 16.0. The van der Waals surface area contributed by atoms with Gasteiger partial charge in [-0.25, -0.2) is 9.78 Å². The second-order valence-corrected chi connectivity index (χ2v) is 8.50. The number of anilines is 1. The number of aromatic nitrogens is 3. The van der Waals surface area contributed by atoms with Crippen molar-refractivity contribution in [3.05, 3.63) is 35.5 Å². The normalized spacial score (nSPS) is 21.9. The molecule has 4 heterocycles. The quantitative estimate of drug-likeness (QED) is 0.740. The number of hydrogen-bond donors (Lipinski definition) is 1. The van der Waals surface area contributed by atoms with Crippen LogP contribution in [0.1, 0.15) is 11.4 Å². The number of pyridine rings is 1. The van der Waals surface area contributed by atoms with Gasteiger partial charge in [-0.2, -0.15) is 0 Å².